The van der Waals surface area contributed by atoms with Crippen molar-refractivity contribution in [3.8, 4) is 0 Å². The highest BCUT2D eigenvalue weighted by Crippen LogP contribution is 2.07. The van der Waals surface area contributed by atoms with Crippen LogP contribution in [0, 0.1) is 0 Å². The fourth-order valence-electron chi connectivity index (χ4n) is 1.89. The first-order chi connectivity index (χ1) is 7.26. The molecule has 0 aliphatic heterocycles. The minimum absolute atomic E-state index is 0.687. The van der Waals surface area contributed by atoms with E-state index in [0.717, 1.165) is 13.0 Å². The SMILES string of the molecule is CCNC(CC)CCCc1cnn(C)c1. The van der Waals surface area contributed by atoms with Gasteiger partial charge in [0.05, 0.1) is 6.20 Å². The molecule has 0 aliphatic rings. The zero-order valence-corrected chi connectivity index (χ0v) is 10.2. The second-order valence-electron chi connectivity index (χ2n) is 4.08. The van der Waals surface area contributed by atoms with Crippen molar-refractivity contribution in [2.45, 2.75) is 45.6 Å². The van der Waals surface area contributed by atoms with E-state index in [1.54, 1.807) is 0 Å². The Morgan fingerprint density at radius 3 is 2.80 bits per heavy atom. The number of nitrogens with zero attached hydrogens (tertiary/aromatic N) is 2. The Labute approximate surface area is 92.9 Å². The molecule has 15 heavy (non-hydrogen) atoms. The summed E-state index contributed by atoms with van der Waals surface area (Å²) in [5, 5.41) is 7.67. The van der Waals surface area contributed by atoms with Gasteiger partial charge >= 0.3 is 0 Å². The minimum atomic E-state index is 0.687. The van der Waals surface area contributed by atoms with Crippen molar-refractivity contribution in [2.75, 3.05) is 6.54 Å². The van der Waals surface area contributed by atoms with Gasteiger partial charge in [-0.2, -0.15) is 5.10 Å². The van der Waals surface area contributed by atoms with Crippen LogP contribution in [0.5, 0.6) is 0 Å². The third kappa shape index (κ3) is 4.47. The van der Waals surface area contributed by atoms with Crippen LogP contribution in [0.25, 0.3) is 0 Å². The van der Waals surface area contributed by atoms with E-state index < -0.39 is 0 Å². The smallest absolute Gasteiger partial charge is 0.0521 e. The maximum absolute atomic E-state index is 4.17. The predicted octanol–water partition coefficient (Wildman–Crippen LogP) is 2.13. The first-order valence-electron chi connectivity index (χ1n) is 5.97. The molecule has 3 nitrogen and oxygen atoms in total. The van der Waals surface area contributed by atoms with E-state index in [0.29, 0.717) is 6.04 Å². The lowest BCUT2D eigenvalue weighted by Gasteiger charge is -2.14. The molecule has 0 saturated carbocycles. The lowest BCUT2D eigenvalue weighted by atomic mass is 10.1. The van der Waals surface area contributed by atoms with Gasteiger partial charge < -0.3 is 5.32 Å². The Balaban J connectivity index is 2.20. The van der Waals surface area contributed by atoms with Crippen LogP contribution in [0.15, 0.2) is 12.4 Å². The van der Waals surface area contributed by atoms with Crippen molar-refractivity contribution in [2.24, 2.45) is 7.05 Å². The van der Waals surface area contributed by atoms with Gasteiger partial charge in [-0.05, 0) is 37.8 Å². The molecule has 3 heteroatoms. The molecule has 1 unspecified atom stereocenters. The summed E-state index contributed by atoms with van der Waals surface area (Å²) in [6.45, 7) is 5.49. The van der Waals surface area contributed by atoms with E-state index in [1.165, 1.54) is 24.8 Å². The molecule has 1 aromatic heterocycles. The van der Waals surface area contributed by atoms with Crippen LogP contribution in [0.4, 0.5) is 0 Å². The van der Waals surface area contributed by atoms with Gasteiger partial charge in [0.15, 0.2) is 0 Å². The quantitative estimate of drug-likeness (QED) is 0.745. The average molecular weight is 209 g/mol. The maximum atomic E-state index is 4.17. The zero-order chi connectivity index (χ0) is 11.1. The Morgan fingerprint density at radius 2 is 2.27 bits per heavy atom. The van der Waals surface area contributed by atoms with E-state index in [2.05, 4.69) is 30.5 Å². The summed E-state index contributed by atoms with van der Waals surface area (Å²) in [5.74, 6) is 0. The zero-order valence-electron chi connectivity index (χ0n) is 10.2. The van der Waals surface area contributed by atoms with Crippen LogP contribution in [-0.4, -0.2) is 22.4 Å². The Morgan fingerprint density at radius 1 is 1.47 bits per heavy atom. The van der Waals surface area contributed by atoms with Gasteiger partial charge in [0.1, 0.15) is 0 Å². The Hall–Kier alpha value is -0.830. The van der Waals surface area contributed by atoms with Crippen molar-refractivity contribution < 1.29 is 0 Å². The van der Waals surface area contributed by atoms with Crippen LogP contribution in [0.1, 0.15) is 38.7 Å². The number of hydrogen-bond acceptors (Lipinski definition) is 2. The van der Waals surface area contributed by atoms with E-state index in [-0.39, 0.29) is 0 Å². The number of hydrogen-bond donors (Lipinski definition) is 1. The lowest BCUT2D eigenvalue weighted by molar-refractivity contribution is 0.467. The molecule has 0 radical (unpaired) electrons. The van der Waals surface area contributed by atoms with Crippen molar-refractivity contribution in [3.63, 3.8) is 0 Å². The molecule has 1 heterocycles. The third-order valence-corrected chi connectivity index (χ3v) is 2.76. The highest BCUT2D eigenvalue weighted by atomic mass is 15.2. The standard InChI is InChI=1S/C12H23N3/c1-4-12(13-5-2)8-6-7-11-9-14-15(3)10-11/h9-10,12-13H,4-8H2,1-3H3. The molecule has 86 valence electrons. The normalized spacial score (nSPS) is 13.0. The van der Waals surface area contributed by atoms with Gasteiger partial charge in [-0.25, -0.2) is 0 Å². The Kier molecular flexibility index (Phi) is 5.40. The first kappa shape index (κ1) is 12.2. The fourth-order valence-corrected chi connectivity index (χ4v) is 1.89. The van der Waals surface area contributed by atoms with Crippen molar-refractivity contribution in [1.29, 1.82) is 0 Å². The molecule has 1 rings (SSSR count). The molecular formula is C12H23N3. The van der Waals surface area contributed by atoms with E-state index in [9.17, 15) is 0 Å². The number of nitrogens with one attached hydrogen (secondary N) is 1. The average Bonchev–Trinajstić information content (AvgIpc) is 2.63. The topological polar surface area (TPSA) is 29.9 Å². The molecule has 1 N–H and O–H groups in total. The van der Waals surface area contributed by atoms with Gasteiger partial charge in [-0.3, -0.25) is 4.68 Å². The second-order valence-corrected chi connectivity index (χ2v) is 4.08. The number of aromatic nitrogens is 2. The molecule has 1 atom stereocenters. The summed E-state index contributed by atoms with van der Waals surface area (Å²) < 4.78 is 1.87. The molecule has 0 fully saturated rings. The van der Waals surface area contributed by atoms with Crippen LogP contribution in [0.2, 0.25) is 0 Å². The second kappa shape index (κ2) is 6.62. The first-order valence-corrected chi connectivity index (χ1v) is 5.97. The van der Waals surface area contributed by atoms with Gasteiger partial charge in [-0.1, -0.05) is 13.8 Å². The molecule has 0 aliphatic carbocycles. The highest BCUT2D eigenvalue weighted by Gasteiger charge is 2.04. The number of rotatable bonds is 7. The summed E-state index contributed by atoms with van der Waals surface area (Å²) in [6, 6.07) is 0.687. The molecule has 0 amide bonds. The van der Waals surface area contributed by atoms with E-state index in [4.69, 9.17) is 0 Å². The largest absolute Gasteiger partial charge is 0.314 e. The summed E-state index contributed by atoms with van der Waals surface area (Å²) in [4.78, 5) is 0. The number of aryl methyl sites for hydroxylation is 2. The predicted molar refractivity (Wildman–Crippen MR) is 63.9 cm³/mol. The molecule has 0 saturated heterocycles. The molecule has 0 bridgehead atoms. The van der Waals surface area contributed by atoms with Gasteiger partial charge in [0.25, 0.3) is 0 Å². The molecule has 1 aromatic rings. The summed E-state index contributed by atoms with van der Waals surface area (Å²) in [5.41, 5.74) is 1.35. The molecular weight excluding hydrogens is 186 g/mol. The van der Waals surface area contributed by atoms with Crippen molar-refractivity contribution in [3.05, 3.63) is 18.0 Å². The monoisotopic (exact) mass is 209 g/mol. The molecule has 0 aromatic carbocycles. The van der Waals surface area contributed by atoms with Crippen molar-refractivity contribution >= 4 is 0 Å². The van der Waals surface area contributed by atoms with Crippen LogP contribution < -0.4 is 5.32 Å². The highest BCUT2D eigenvalue weighted by molar-refractivity contribution is 5.03. The van der Waals surface area contributed by atoms with Gasteiger partial charge in [0, 0.05) is 19.3 Å². The minimum Gasteiger partial charge on any atom is -0.314 e. The molecule has 0 spiro atoms. The van der Waals surface area contributed by atoms with Crippen LogP contribution >= 0.6 is 0 Å². The fraction of sp³-hybridized carbons (Fsp3) is 0.750. The lowest BCUT2D eigenvalue weighted by Crippen LogP contribution is -2.27. The van der Waals surface area contributed by atoms with Crippen LogP contribution in [-0.2, 0) is 13.5 Å². The van der Waals surface area contributed by atoms with E-state index in [1.807, 2.05) is 17.9 Å². The van der Waals surface area contributed by atoms with Gasteiger partial charge in [0.2, 0.25) is 0 Å². The van der Waals surface area contributed by atoms with Crippen molar-refractivity contribution in [1.82, 2.24) is 15.1 Å². The summed E-state index contributed by atoms with van der Waals surface area (Å²) in [7, 11) is 1.97. The van der Waals surface area contributed by atoms with Gasteiger partial charge in [-0.15, -0.1) is 0 Å². The maximum Gasteiger partial charge on any atom is 0.0521 e. The third-order valence-electron chi connectivity index (χ3n) is 2.76. The Bertz CT molecular complexity index is 268. The summed E-state index contributed by atoms with van der Waals surface area (Å²) >= 11 is 0. The summed E-state index contributed by atoms with van der Waals surface area (Å²) in [6.07, 6.45) is 8.95. The van der Waals surface area contributed by atoms with E-state index >= 15 is 0 Å². The van der Waals surface area contributed by atoms with Crippen LogP contribution in [0.3, 0.4) is 0 Å².